The van der Waals surface area contributed by atoms with Crippen LogP contribution in [0.4, 0.5) is 5.69 Å². The minimum absolute atomic E-state index is 0.0668. The quantitative estimate of drug-likeness (QED) is 0.791. The third-order valence-corrected chi connectivity index (χ3v) is 5.82. The number of halogens is 2. The van der Waals surface area contributed by atoms with Crippen LogP contribution in [0, 0.1) is 5.41 Å². The Balaban J connectivity index is 1.65. The molecule has 120 valence electrons. The van der Waals surface area contributed by atoms with Crippen LogP contribution in [0.3, 0.4) is 0 Å². The number of alkyl halides is 2. The highest BCUT2D eigenvalue weighted by molar-refractivity contribution is 6.53. The number of ether oxygens (including phenoxy) is 1. The number of hydrogen-bond acceptors (Lipinski definition) is 3. The van der Waals surface area contributed by atoms with Crippen molar-refractivity contribution in [2.45, 2.75) is 17.7 Å². The molecule has 2 fully saturated rings. The predicted octanol–water partition coefficient (Wildman–Crippen LogP) is 2.93. The summed E-state index contributed by atoms with van der Waals surface area (Å²) in [7, 11) is 1.67. The Morgan fingerprint density at radius 2 is 1.77 bits per heavy atom. The van der Waals surface area contributed by atoms with Gasteiger partial charge in [-0.3, -0.25) is 4.79 Å². The van der Waals surface area contributed by atoms with Crippen molar-refractivity contribution in [2.24, 2.45) is 5.41 Å². The lowest BCUT2D eigenvalue weighted by atomic mass is 10.1. The molecule has 1 saturated heterocycles. The Bertz CT molecular complexity index is 585. The van der Waals surface area contributed by atoms with E-state index in [0.29, 0.717) is 19.5 Å². The van der Waals surface area contributed by atoms with Gasteiger partial charge >= 0.3 is 0 Å². The van der Waals surface area contributed by atoms with E-state index < -0.39 is 9.75 Å². The number of carbonyl (C=O) groups is 1. The zero-order valence-corrected chi connectivity index (χ0v) is 14.3. The van der Waals surface area contributed by atoms with Gasteiger partial charge in [-0.05, 0) is 25.5 Å². The van der Waals surface area contributed by atoms with E-state index in [2.05, 4.69) is 4.90 Å². The molecule has 0 bridgehead atoms. The minimum Gasteiger partial charge on any atom is -0.495 e. The molecule has 0 spiro atoms. The average molecular weight is 343 g/mol. The van der Waals surface area contributed by atoms with Crippen molar-refractivity contribution in [1.82, 2.24) is 4.90 Å². The average Bonchev–Trinajstić information content (AvgIpc) is 3.06. The summed E-state index contributed by atoms with van der Waals surface area (Å²) in [6.45, 7) is 4.76. The molecule has 1 amide bonds. The molecule has 3 rings (SSSR count). The topological polar surface area (TPSA) is 32.8 Å². The van der Waals surface area contributed by atoms with Crippen LogP contribution in [0.2, 0.25) is 0 Å². The van der Waals surface area contributed by atoms with E-state index >= 15 is 0 Å². The Hall–Kier alpha value is -1.13. The molecule has 1 saturated carbocycles. The number of nitrogens with zero attached hydrogens (tertiary/aromatic N) is 2. The van der Waals surface area contributed by atoms with E-state index in [9.17, 15) is 4.79 Å². The van der Waals surface area contributed by atoms with Crippen LogP contribution in [-0.2, 0) is 4.79 Å². The lowest BCUT2D eigenvalue weighted by Gasteiger charge is -2.38. The molecular formula is C16H20Cl2N2O2. The van der Waals surface area contributed by atoms with E-state index in [-0.39, 0.29) is 5.91 Å². The van der Waals surface area contributed by atoms with Crippen molar-refractivity contribution in [3.63, 3.8) is 0 Å². The largest absolute Gasteiger partial charge is 0.495 e. The normalized spacial score (nSPS) is 26.7. The van der Waals surface area contributed by atoms with Crippen molar-refractivity contribution < 1.29 is 9.53 Å². The number of methoxy groups -OCH3 is 1. The standard InChI is InChI=1S/C16H20Cl2N2O2/c1-15(11-16(15,17)18)14(21)20-9-7-19(8-10-20)12-5-3-4-6-13(12)22-2/h3-6H,7-11H2,1-2H3/t15-/m1/s1. The lowest BCUT2D eigenvalue weighted by molar-refractivity contribution is -0.136. The van der Waals surface area contributed by atoms with Crippen LogP contribution in [0.25, 0.3) is 0 Å². The Kier molecular flexibility index (Phi) is 3.94. The van der Waals surface area contributed by atoms with E-state index in [0.717, 1.165) is 24.5 Å². The number of para-hydroxylation sites is 2. The summed E-state index contributed by atoms with van der Waals surface area (Å²) in [5.74, 6) is 0.925. The van der Waals surface area contributed by atoms with Gasteiger partial charge in [0.15, 0.2) is 0 Å². The molecule has 1 heterocycles. The van der Waals surface area contributed by atoms with E-state index in [1.54, 1.807) is 7.11 Å². The molecule has 1 atom stereocenters. The van der Waals surface area contributed by atoms with Gasteiger partial charge in [-0.15, -0.1) is 23.2 Å². The van der Waals surface area contributed by atoms with Crippen molar-refractivity contribution >= 4 is 34.8 Å². The number of benzene rings is 1. The summed E-state index contributed by atoms with van der Waals surface area (Å²) in [6, 6.07) is 7.95. The summed E-state index contributed by atoms with van der Waals surface area (Å²) < 4.78 is 4.51. The Morgan fingerprint density at radius 1 is 1.18 bits per heavy atom. The van der Waals surface area contributed by atoms with Crippen molar-refractivity contribution in [3.05, 3.63) is 24.3 Å². The smallest absolute Gasteiger partial charge is 0.231 e. The van der Waals surface area contributed by atoms with Crippen LogP contribution in [0.1, 0.15) is 13.3 Å². The molecule has 0 N–H and O–H groups in total. The lowest BCUT2D eigenvalue weighted by Crippen LogP contribution is -2.51. The molecule has 1 aliphatic carbocycles. The van der Waals surface area contributed by atoms with Gasteiger partial charge in [0.05, 0.1) is 18.2 Å². The highest BCUT2D eigenvalue weighted by Gasteiger charge is 2.68. The molecule has 0 radical (unpaired) electrons. The Morgan fingerprint density at radius 3 is 2.32 bits per heavy atom. The molecule has 1 aliphatic heterocycles. The highest BCUT2D eigenvalue weighted by Crippen LogP contribution is 2.64. The maximum absolute atomic E-state index is 12.6. The molecule has 2 aliphatic rings. The second kappa shape index (κ2) is 5.50. The predicted molar refractivity (Wildman–Crippen MR) is 88.9 cm³/mol. The van der Waals surface area contributed by atoms with Crippen molar-refractivity contribution in [3.8, 4) is 5.75 Å². The highest BCUT2D eigenvalue weighted by atomic mass is 35.5. The number of piperazine rings is 1. The zero-order valence-electron chi connectivity index (χ0n) is 12.8. The van der Waals surface area contributed by atoms with Gasteiger partial charge in [-0.1, -0.05) is 12.1 Å². The second-order valence-electron chi connectivity index (χ2n) is 6.16. The number of carbonyl (C=O) groups excluding carboxylic acids is 1. The Labute approximate surface area is 140 Å². The molecule has 1 aromatic carbocycles. The molecule has 1 aromatic rings. The first-order valence-corrected chi connectivity index (χ1v) is 8.20. The SMILES string of the molecule is COc1ccccc1N1CCN(C(=O)[C@@]2(C)CC2(Cl)Cl)CC1. The summed E-state index contributed by atoms with van der Waals surface area (Å²) in [5, 5.41) is 0. The summed E-state index contributed by atoms with van der Waals surface area (Å²) in [5.41, 5.74) is 0.446. The van der Waals surface area contributed by atoms with Gasteiger partial charge < -0.3 is 14.5 Å². The number of amides is 1. The first-order valence-electron chi connectivity index (χ1n) is 7.44. The van der Waals surface area contributed by atoms with Crippen molar-refractivity contribution in [1.29, 1.82) is 0 Å². The molecular weight excluding hydrogens is 323 g/mol. The summed E-state index contributed by atoms with van der Waals surface area (Å²) in [4.78, 5) is 16.7. The number of anilines is 1. The fourth-order valence-electron chi connectivity index (χ4n) is 3.02. The zero-order chi connectivity index (χ0) is 16.0. The maximum atomic E-state index is 12.6. The first-order chi connectivity index (χ1) is 10.4. The molecule has 22 heavy (non-hydrogen) atoms. The fraction of sp³-hybridized carbons (Fsp3) is 0.562. The van der Waals surface area contributed by atoms with E-state index in [1.165, 1.54) is 0 Å². The van der Waals surface area contributed by atoms with Crippen molar-refractivity contribution in [2.75, 3.05) is 38.2 Å². The van der Waals surface area contributed by atoms with Gasteiger partial charge in [0.1, 0.15) is 10.1 Å². The van der Waals surface area contributed by atoms with Crippen LogP contribution >= 0.6 is 23.2 Å². The number of rotatable bonds is 3. The molecule has 4 nitrogen and oxygen atoms in total. The summed E-state index contributed by atoms with van der Waals surface area (Å²) >= 11 is 12.2. The van der Waals surface area contributed by atoms with Crippen LogP contribution in [0.15, 0.2) is 24.3 Å². The molecule has 6 heteroatoms. The fourth-order valence-corrected chi connectivity index (χ4v) is 3.72. The van der Waals surface area contributed by atoms with Crippen LogP contribution in [-0.4, -0.2) is 48.4 Å². The second-order valence-corrected chi connectivity index (χ2v) is 7.65. The third-order valence-electron chi connectivity index (χ3n) is 4.72. The minimum atomic E-state index is -0.899. The third kappa shape index (κ3) is 2.52. The van der Waals surface area contributed by atoms with Gasteiger partial charge in [0, 0.05) is 26.2 Å². The van der Waals surface area contributed by atoms with E-state index in [4.69, 9.17) is 27.9 Å². The van der Waals surface area contributed by atoms with Crippen LogP contribution in [0.5, 0.6) is 5.75 Å². The van der Waals surface area contributed by atoms with Gasteiger partial charge in [-0.2, -0.15) is 0 Å². The number of hydrogen-bond donors (Lipinski definition) is 0. The maximum Gasteiger partial charge on any atom is 0.231 e. The van der Waals surface area contributed by atoms with Crippen LogP contribution < -0.4 is 9.64 Å². The van der Waals surface area contributed by atoms with Gasteiger partial charge in [0.25, 0.3) is 0 Å². The monoisotopic (exact) mass is 342 g/mol. The first kappa shape index (κ1) is 15.8. The van der Waals surface area contributed by atoms with Gasteiger partial charge in [-0.25, -0.2) is 0 Å². The molecule has 0 aromatic heterocycles. The summed E-state index contributed by atoms with van der Waals surface area (Å²) in [6.07, 6.45) is 0.536. The van der Waals surface area contributed by atoms with Gasteiger partial charge in [0.2, 0.25) is 5.91 Å². The molecule has 0 unspecified atom stereocenters. The van der Waals surface area contributed by atoms with E-state index in [1.807, 2.05) is 36.1 Å².